The van der Waals surface area contributed by atoms with Gasteiger partial charge in [-0.3, -0.25) is 4.79 Å². The van der Waals surface area contributed by atoms with Crippen LogP contribution in [0, 0.1) is 5.41 Å². The molecule has 2 N–H and O–H groups in total. The molecule has 1 saturated carbocycles. The Balaban J connectivity index is 2.58. The maximum Gasteiger partial charge on any atom is 0.303 e. The molecule has 1 fully saturated rings. The minimum absolute atomic E-state index is 0.0615. The number of carbonyl (C=O) groups is 1. The molecule has 4 nitrogen and oxygen atoms in total. The maximum absolute atomic E-state index is 10.9. The number of aliphatic hydroxyl groups excluding tert-OH is 1. The molecule has 0 aromatic rings. The van der Waals surface area contributed by atoms with Crippen molar-refractivity contribution in [1.29, 1.82) is 0 Å². The van der Waals surface area contributed by atoms with Crippen LogP contribution in [0.4, 0.5) is 0 Å². The lowest BCUT2D eigenvalue weighted by atomic mass is 9.71. The van der Waals surface area contributed by atoms with Crippen molar-refractivity contribution in [3.05, 3.63) is 0 Å². The third kappa shape index (κ3) is 4.10. The van der Waals surface area contributed by atoms with Gasteiger partial charge < -0.3 is 15.1 Å². The molecular weight excluding hydrogens is 206 g/mol. The number of likely N-dealkylation sites (N-methyl/N-ethyl adjacent to an activating group) is 1. The zero-order chi connectivity index (χ0) is 12.0. The molecular formula is C12H23NO3. The second kappa shape index (κ2) is 6.21. The molecule has 0 unspecified atom stereocenters. The van der Waals surface area contributed by atoms with Crippen LogP contribution in [-0.4, -0.2) is 47.8 Å². The smallest absolute Gasteiger partial charge is 0.303 e. The second-order valence-corrected chi connectivity index (χ2v) is 5.09. The van der Waals surface area contributed by atoms with Crippen LogP contribution in [0.5, 0.6) is 0 Å². The van der Waals surface area contributed by atoms with E-state index in [4.69, 9.17) is 10.2 Å². The molecule has 0 aromatic carbocycles. The molecule has 0 aromatic heterocycles. The molecule has 94 valence electrons. The van der Waals surface area contributed by atoms with Crippen LogP contribution in [0.3, 0.4) is 0 Å². The number of carboxylic acid groups (broad SMARTS) is 1. The average molecular weight is 229 g/mol. The van der Waals surface area contributed by atoms with Gasteiger partial charge in [-0.2, -0.15) is 0 Å². The lowest BCUT2D eigenvalue weighted by Crippen LogP contribution is -2.40. The van der Waals surface area contributed by atoms with E-state index in [1.54, 1.807) is 0 Å². The van der Waals surface area contributed by atoms with Gasteiger partial charge in [0.05, 0.1) is 13.0 Å². The molecule has 0 radical (unpaired) electrons. The summed E-state index contributed by atoms with van der Waals surface area (Å²) < 4.78 is 0. The summed E-state index contributed by atoms with van der Waals surface area (Å²) in [4.78, 5) is 13.0. The Bertz CT molecular complexity index is 224. The summed E-state index contributed by atoms with van der Waals surface area (Å²) >= 11 is 0. The van der Waals surface area contributed by atoms with Crippen molar-refractivity contribution >= 4 is 5.97 Å². The summed E-state index contributed by atoms with van der Waals surface area (Å²) in [5.41, 5.74) is -0.0615. The monoisotopic (exact) mass is 229 g/mol. The molecule has 1 aliphatic rings. The molecule has 0 saturated heterocycles. The van der Waals surface area contributed by atoms with Gasteiger partial charge in [-0.05, 0) is 25.3 Å². The van der Waals surface area contributed by atoms with Gasteiger partial charge >= 0.3 is 5.97 Å². The van der Waals surface area contributed by atoms with Crippen LogP contribution >= 0.6 is 0 Å². The lowest BCUT2D eigenvalue weighted by molar-refractivity contribution is -0.140. The van der Waals surface area contributed by atoms with Crippen molar-refractivity contribution in [3.8, 4) is 0 Å². The molecule has 1 aliphatic carbocycles. The van der Waals surface area contributed by atoms with Crippen molar-refractivity contribution in [2.24, 2.45) is 5.41 Å². The molecule has 0 heterocycles. The standard InChI is InChI=1S/C12H23NO3/c1-13(7-8-14)10-12(9-11(15)16)5-3-2-4-6-12/h14H,2-10H2,1H3,(H,15,16). The van der Waals surface area contributed by atoms with Crippen molar-refractivity contribution in [2.45, 2.75) is 38.5 Å². The fraction of sp³-hybridized carbons (Fsp3) is 0.917. The minimum Gasteiger partial charge on any atom is -0.481 e. The molecule has 0 aliphatic heterocycles. The summed E-state index contributed by atoms with van der Waals surface area (Å²) in [7, 11) is 1.95. The van der Waals surface area contributed by atoms with Crippen molar-refractivity contribution in [3.63, 3.8) is 0 Å². The van der Waals surface area contributed by atoms with E-state index >= 15 is 0 Å². The maximum atomic E-state index is 10.9. The number of hydrogen-bond acceptors (Lipinski definition) is 3. The van der Waals surface area contributed by atoms with Crippen molar-refractivity contribution < 1.29 is 15.0 Å². The Kier molecular flexibility index (Phi) is 5.22. The number of hydrogen-bond donors (Lipinski definition) is 2. The van der Waals surface area contributed by atoms with E-state index in [1.807, 2.05) is 11.9 Å². The molecule has 0 amide bonds. The Hall–Kier alpha value is -0.610. The minimum atomic E-state index is -0.695. The van der Waals surface area contributed by atoms with Gasteiger partial charge in [-0.1, -0.05) is 19.3 Å². The summed E-state index contributed by atoms with van der Waals surface area (Å²) in [5, 5.41) is 17.9. The Morgan fingerprint density at radius 1 is 1.31 bits per heavy atom. The molecule has 1 rings (SSSR count). The van der Waals surface area contributed by atoms with Crippen molar-refractivity contribution in [2.75, 3.05) is 26.7 Å². The van der Waals surface area contributed by atoms with Crippen LogP contribution in [0.25, 0.3) is 0 Å². The third-order valence-corrected chi connectivity index (χ3v) is 3.53. The molecule has 0 atom stereocenters. The van der Waals surface area contributed by atoms with E-state index < -0.39 is 5.97 Å². The van der Waals surface area contributed by atoms with E-state index in [-0.39, 0.29) is 18.4 Å². The first-order valence-corrected chi connectivity index (χ1v) is 6.09. The van der Waals surface area contributed by atoms with Gasteiger partial charge in [-0.15, -0.1) is 0 Å². The van der Waals surface area contributed by atoms with E-state index in [1.165, 1.54) is 6.42 Å². The Labute approximate surface area is 97.3 Å². The quantitative estimate of drug-likeness (QED) is 0.721. The van der Waals surface area contributed by atoms with Crippen LogP contribution in [0.15, 0.2) is 0 Å². The first-order valence-electron chi connectivity index (χ1n) is 6.09. The van der Waals surface area contributed by atoms with Crippen molar-refractivity contribution in [1.82, 2.24) is 4.90 Å². The summed E-state index contributed by atoms with van der Waals surface area (Å²) in [6.07, 6.45) is 5.79. The highest BCUT2D eigenvalue weighted by Gasteiger charge is 2.35. The summed E-state index contributed by atoms with van der Waals surface area (Å²) in [5.74, 6) is -0.695. The molecule has 4 heteroatoms. The van der Waals surface area contributed by atoms with E-state index in [2.05, 4.69) is 0 Å². The van der Waals surface area contributed by atoms with E-state index in [9.17, 15) is 4.79 Å². The zero-order valence-corrected chi connectivity index (χ0v) is 10.1. The zero-order valence-electron chi connectivity index (χ0n) is 10.1. The summed E-state index contributed by atoms with van der Waals surface area (Å²) in [6.45, 7) is 1.56. The average Bonchev–Trinajstić information content (AvgIpc) is 2.17. The predicted molar refractivity (Wildman–Crippen MR) is 62.4 cm³/mol. The third-order valence-electron chi connectivity index (χ3n) is 3.53. The van der Waals surface area contributed by atoms with Crippen LogP contribution in [0.2, 0.25) is 0 Å². The lowest BCUT2D eigenvalue weighted by Gasteiger charge is -2.39. The highest BCUT2D eigenvalue weighted by Crippen LogP contribution is 2.39. The predicted octanol–water partition coefficient (Wildman–Crippen LogP) is 1.34. The SMILES string of the molecule is CN(CCO)CC1(CC(=O)O)CCCCC1. The number of rotatable bonds is 6. The molecule has 0 spiro atoms. The molecule has 16 heavy (non-hydrogen) atoms. The Morgan fingerprint density at radius 2 is 1.94 bits per heavy atom. The summed E-state index contributed by atoms with van der Waals surface area (Å²) in [6, 6.07) is 0. The van der Waals surface area contributed by atoms with Crippen LogP contribution < -0.4 is 0 Å². The normalized spacial score (nSPS) is 19.9. The van der Waals surface area contributed by atoms with Crippen LogP contribution in [-0.2, 0) is 4.79 Å². The van der Waals surface area contributed by atoms with Gasteiger partial charge in [0.25, 0.3) is 0 Å². The first kappa shape index (κ1) is 13.5. The number of aliphatic carboxylic acids is 1. The van der Waals surface area contributed by atoms with Gasteiger partial charge in [0, 0.05) is 13.1 Å². The number of aliphatic hydroxyl groups is 1. The Morgan fingerprint density at radius 3 is 2.44 bits per heavy atom. The highest BCUT2D eigenvalue weighted by atomic mass is 16.4. The van der Waals surface area contributed by atoms with Gasteiger partial charge in [0.1, 0.15) is 0 Å². The fourth-order valence-electron chi connectivity index (χ4n) is 2.84. The van der Waals surface area contributed by atoms with Crippen LogP contribution in [0.1, 0.15) is 38.5 Å². The van der Waals surface area contributed by atoms with E-state index in [0.717, 1.165) is 32.2 Å². The molecule has 0 bridgehead atoms. The number of carboxylic acids is 1. The fourth-order valence-corrected chi connectivity index (χ4v) is 2.84. The second-order valence-electron chi connectivity index (χ2n) is 5.09. The largest absolute Gasteiger partial charge is 0.481 e. The van der Waals surface area contributed by atoms with Gasteiger partial charge in [0.15, 0.2) is 0 Å². The van der Waals surface area contributed by atoms with Gasteiger partial charge in [-0.25, -0.2) is 0 Å². The van der Waals surface area contributed by atoms with Gasteiger partial charge in [0.2, 0.25) is 0 Å². The first-order chi connectivity index (χ1) is 7.58. The topological polar surface area (TPSA) is 60.8 Å². The van der Waals surface area contributed by atoms with E-state index in [0.29, 0.717) is 6.54 Å². The highest BCUT2D eigenvalue weighted by molar-refractivity contribution is 5.67. The number of nitrogens with zero attached hydrogens (tertiary/aromatic N) is 1.